The average Bonchev–Trinajstić information content (AvgIpc) is 2.93. The van der Waals surface area contributed by atoms with Crippen molar-refractivity contribution in [3.63, 3.8) is 0 Å². The zero-order valence-corrected chi connectivity index (χ0v) is 12.3. The van der Waals surface area contributed by atoms with Crippen LogP contribution in [-0.4, -0.2) is 10.1 Å². The van der Waals surface area contributed by atoms with Gasteiger partial charge in [-0.3, -0.25) is 4.79 Å². The van der Waals surface area contributed by atoms with Crippen LogP contribution in [0.25, 0.3) is 33.3 Å². The van der Waals surface area contributed by atoms with Gasteiger partial charge < -0.3 is 9.51 Å². The highest BCUT2D eigenvalue weighted by Crippen LogP contribution is 2.26. The van der Waals surface area contributed by atoms with Gasteiger partial charge in [-0.25, -0.2) is 0 Å². The van der Waals surface area contributed by atoms with Crippen LogP contribution < -0.4 is 5.43 Å². The van der Waals surface area contributed by atoms with Gasteiger partial charge in [0.1, 0.15) is 11.1 Å². The van der Waals surface area contributed by atoms with Crippen LogP contribution in [0.1, 0.15) is 11.1 Å². The first-order valence-electron chi connectivity index (χ1n) is 7.12. The Labute approximate surface area is 126 Å². The van der Waals surface area contributed by atoms with Crippen LogP contribution in [0, 0.1) is 13.8 Å². The zero-order valence-electron chi connectivity index (χ0n) is 12.3. The molecule has 0 aliphatic carbocycles. The third kappa shape index (κ3) is 1.84. The van der Waals surface area contributed by atoms with Crippen molar-refractivity contribution in [1.29, 1.82) is 0 Å². The first kappa shape index (κ1) is 12.8. The molecule has 0 fully saturated rings. The number of aromatic amines is 1. The van der Waals surface area contributed by atoms with E-state index in [-0.39, 0.29) is 5.43 Å². The highest BCUT2D eigenvalue weighted by Gasteiger charge is 2.16. The van der Waals surface area contributed by atoms with Crippen LogP contribution in [0.3, 0.4) is 0 Å². The predicted octanol–water partition coefficient (Wildman–Crippen LogP) is 3.95. The Kier molecular flexibility index (Phi) is 2.66. The second-order valence-corrected chi connectivity index (χ2v) is 5.60. The molecule has 0 aliphatic rings. The minimum atomic E-state index is -0.0516. The van der Waals surface area contributed by atoms with E-state index >= 15 is 0 Å². The molecule has 0 aliphatic heterocycles. The van der Waals surface area contributed by atoms with Crippen molar-refractivity contribution in [3.8, 4) is 11.3 Å². The largest absolute Gasteiger partial charge is 0.337 e. The van der Waals surface area contributed by atoms with Crippen LogP contribution in [0.2, 0.25) is 0 Å². The standard InChI is InChI=1S/C18H14N2O2/c1-10-3-6-12(7-4-10)16-15-17(21)13-9-11(2)5-8-14(13)19-18(15)22-20-16/h3-9H,1-2H3,(H,19,21). The van der Waals surface area contributed by atoms with E-state index in [1.54, 1.807) is 0 Å². The van der Waals surface area contributed by atoms with Gasteiger partial charge in [-0.05, 0) is 26.0 Å². The summed E-state index contributed by atoms with van der Waals surface area (Å²) < 4.78 is 5.35. The molecule has 4 aromatic rings. The molecular formula is C18H14N2O2. The summed E-state index contributed by atoms with van der Waals surface area (Å²) in [5.74, 6) is 0. The fourth-order valence-electron chi connectivity index (χ4n) is 2.71. The van der Waals surface area contributed by atoms with Crippen molar-refractivity contribution in [2.45, 2.75) is 13.8 Å². The molecule has 0 saturated carbocycles. The maximum atomic E-state index is 12.8. The Balaban J connectivity index is 2.09. The minimum absolute atomic E-state index is 0.0516. The molecule has 4 nitrogen and oxygen atoms in total. The van der Waals surface area contributed by atoms with Gasteiger partial charge in [0.25, 0.3) is 0 Å². The number of hydrogen-bond donors (Lipinski definition) is 1. The molecule has 4 rings (SSSR count). The van der Waals surface area contributed by atoms with Gasteiger partial charge in [-0.1, -0.05) is 46.6 Å². The number of pyridine rings is 1. The summed E-state index contributed by atoms with van der Waals surface area (Å²) in [6.45, 7) is 3.99. The highest BCUT2D eigenvalue weighted by molar-refractivity contribution is 5.97. The van der Waals surface area contributed by atoms with Gasteiger partial charge in [-0.15, -0.1) is 0 Å². The van der Waals surface area contributed by atoms with E-state index in [1.165, 1.54) is 0 Å². The van der Waals surface area contributed by atoms with Gasteiger partial charge in [-0.2, -0.15) is 0 Å². The van der Waals surface area contributed by atoms with Gasteiger partial charge in [0.15, 0.2) is 0 Å². The summed E-state index contributed by atoms with van der Waals surface area (Å²) in [6.07, 6.45) is 0. The summed E-state index contributed by atoms with van der Waals surface area (Å²) in [6, 6.07) is 13.6. The maximum Gasteiger partial charge on any atom is 0.241 e. The first-order valence-corrected chi connectivity index (χ1v) is 7.12. The number of nitrogens with zero attached hydrogens (tertiary/aromatic N) is 1. The van der Waals surface area contributed by atoms with E-state index in [4.69, 9.17) is 4.52 Å². The molecule has 0 unspecified atom stereocenters. The van der Waals surface area contributed by atoms with Gasteiger partial charge >= 0.3 is 0 Å². The lowest BCUT2D eigenvalue weighted by atomic mass is 10.0. The second-order valence-electron chi connectivity index (χ2n) is 5.60. The molecule has 0 atom stereocenters. The van der Waals surface area contributed by atoms with E-state index in [0.717, 1.165) is 22.2 Å². The first-order chi connectivity index (χ1) is 10.6. The fourth-order valence-corrected chi connectivity index (χ4v) is 2.71. The summed E-state index contributed by atoms with van der Waals surface area (Å²) in [7, 11) is 0. The van der Waals surface area contributed by atoms with Crippen molar-refractivity contribution < 1.29 is 4.52 Å². The van der Waals surface area contributed by atoms with E-state index in [1.807, 2.05) is 56.3 Å². The second kappa shape index (κ2) is 4.56. The highest BCUT2D eigenvalue weighted by atomic mass is 16.5. The monoisotopic (exact) mass is 290 g/mol. The fraction of sp³-hybridized carbons (Fsp3) is 0.111. The van der Waals surface area contributed by atoms with Crippen molar-refractivity contribution in [2.75, 3.05) is 0 Å². The Bertz CT molecular complexity index is 1060. The lowest BCUT2D eigenvalue weighted by Gasteiger charge is -2.01. The maximum absolute atomic E-state index is 12.8. The van der Waals surface area contributed by atoms with E-state index in [0.29, 0.717) is 22.2 Å². The third-order valence-electron chi connectivity index (χ3n) is 3.91. The molecule has 2 aromatic carbocycles. The van der Waals surface area contributed by atoms with Gasteiger partial charge in [0.05, 0.1) is 5.52 Å². The quantitative estimate of drug-likeness (QED) is 0.577. The number of nitrogens with one attached hydrogen (secondary N) is 1. The van der Waals surface area contributed by atoms with Crippen molar-refractivity contribution in [3.05, 3.63) is 63.8 Å². The Morgan fingerprint density at radius 2 is 1.73 bits per heavy atom. The number of rotatable bonds is 1. The number of aryl methyl sites for hydroxylation is 2. The minimum Gasteiger partial charge on any atom is -0.337 e. The molecule has 0 saturated heterocycles. The molecule has 2 heterocycles. The third-order valence-corrected chi connectivity index (χ3v) is 3.91. The SMILES string of the molecule is Cc1ccc(-c2noc3[nH]c4ccc(C)cc4c(=O)c23)cc1. The molecular weight excluding hydrogens is 276 g/mol. The average molecular weight is 290 g/mol. The molecule has 0 radical (unpaired) electrons. The molecule has 108 valence electrons. The number of benzene rings is 2. The van der Waals surface area contributed by atoms with Crippen LogP contribution in [0.15, 0.2) is 51.8 Å². The normalized spacial score (nSPS) is 11.4. The lowest BCUT2D eigenvalue weighted by Crippen LogP contribution is -2.04. The number of hydrogen-bond acceptors (Lipinski definition) is 3. The van der Waals surface area contributed by atoms with Gasteiger partial charge in [0, 0.05) is 10.9 Å². The Morgan fingerprint density at radius 3 is 2.50 bits per heavy atom. The van der Waals surface area contributed by atoms with Crippen molar-refractivity contribution >= 4 is 22.0 Å². The molecule has 0 bridgehead atoms. The molecule has 4 heteroatoms. The predicted molar refractivity (Wildman–Crippen MR) is 87.0 cm³/mol. The van der Waals surface area contributed by atoms with Crippen LogP contribution in [0.4, 0.5) is 0 Å². The smallest absolute Gasteiger partial charge is 0.241 e. The Hall–Kier alpha value is -2.88. The van der Waals surface area contributed by atoms with Crippen LogP contribution in [0.5, 0.6) is 0 Å². The zero-order chi connectivity index (χ0) is 15.3. The summed E-state index contributed by atoms with van der Waals surface area (Å²) in [4.78, 5) is 16.0. The summed E-state index contributed by atoms with van der Waals surface area (Å²) >= 11 is 0. The topological polar surface area (TPSA) is 58.9 Å². The molecule has 0 spiro atoms. The van der Waals surface area contributed by atoms with E-state index in [2.05, 4.69) is 10.1 Å². The van der Waals surface area contributed by atoms with Crippen molar-refractivity contribution in [1.82, 2.24) is 10.1 Å². The summed E-state index contributed by atoms with van der Waals surface area (Å²) in [5.41, 5.74) is 4.79. The van der Waals surface area contributed by atoms with Gasteiger partial charge in [0.2, 0.25) is 11.1 Å². The van der Waals surface area contributed by atoms with E-state index in [9.17, 15) is 4.79 Å². The van der Waals surface area contributed by atoms with E-state index < -0.39 is 0 Å². The molecule has 0 amide bonds. The molecule has 1 N–H and O–H groups in total. The lowest BCUT2D eigenvalue weighted by molar-refractivity contribution is 0.452. The molecule has 22 heavy (non-hydrogen) atoms. The van der Waals surface area contributed by atoms with Crippen molar-refractivity contribution in [2.24, 2.45) is 0 Å². The summed E-state index contributed by atoms with van der Waals surface area (Å²) in [5, 5.41) is 5.25. The van der Waals surface area contributed by atoms with Crippen LogP contribution in [-0.2, 0) is 0 Å². The Morgan fingerprint density at radius 1 is 1.00 bits per heavy atom. The van der Waals surface area contributed by atoms with Crippen LogP contribution >= 0.6 is 0 Å². The molecule has 2 aromatic heterocycles. The number of H-pyrrole nitrogens is 1. The number of fused-ring (bicyclic) bond motifs is 2. The number of aromatic nitrogens is 2.